The van der Waals surface area contributed by atoms with Crippen LogP contribution in [0, 0.1) is 0 Å². The second-order valence-corrected chi connectivity index (χ2v) is 6.77. The van der Waals surface area contributed by atoms with Crippen molar-refractivity contribution in [2.75, 3.05) is 0 Å². The van der Waals surface area contributed by atoms with Crippen molar-refractivity contribution in [3.8, 4) is 22.9 Å². The molecule has 132 valence electrons. The molecule has 25 heavy (non-hydrogen) atoms. The number of aromatic hydroxyl groups is 2. The molecule has 1 unspecified atom stereocenters. The Morgan fingerprint density at radius 1 is 1.12 bits per heavy atom. The summed E-state index contributed by atoms with van der Waals surface area (Å²) in [5.74, 6) is 1.78. The van der Waals surface area contributed by atoms with Crippen LogP contribution in [0.2, 0.25) is 0 Å². The van der Waals surface area contributed by atoms with Crippen LogP contribution < -0.4 is 28.5 Å². The highest BCUT2D eigenvalue weighted by Gasteiger charge is 2.35. The van der Waals surface area contributed by atoms with Crippen LogP contribution in [0.15, 0.2) is 36.4 Å². The summed E-state index contributed by atoms with van der Waals surface area (Å²) in [6.07, 6.45) is 4.34. The SMILES string of the molecule is CCCCC1Cc2cc(O)ccc2-c2n1c1cc(O)ccc1[n+]2C.[I-]. The zero-order valence-electron chi connectivity index (χ0n) is 14.5. The Bertz CT molecular complexity index is 933. The number of aryl methyl sites for hydroxylation is 1. The zero-order chi connectivity index (χ0) is 16.8. The van der Waals surface area contributed by atoms with Gasteiger partial charge in [0.25, 0.3) is 5.82 Å². The molecule has 1 aliphatic rings. The Hall–Kier alpha value is -1.76. The molecule has 3 aromatic rings. The number of halogens is 1. The number of benzene rings is 2. The lowest BCUT2D eigenvalue weighted by Crippen LogP contribution is -3.00. The molecule has 2 N–H and O–H groups in total. The fraction of sp³-hybridized carbons (Fsp3) is 0.350. The summed E-state index contributed by atoms with van der Waals surface area (Å²) >= 11 is 0. The minimum Gasteiger partial charge on any atom is -1.00 e. The predicted molar refractivity (Wildman–Crippen MR) is 94.1 cm³/mol. The highest BCUT2D eigenvalue weighted by Crippen LogP contribution is 2.40. The quantitative estimate of drug-likeness (QED) is 0.459. The number of aromatic nitrogens is 2. The second-order valence-electron chi connectivity index (χ2n) is 6.77. The van der Waals surface area contributed by atoms with Gasteiger partial charge in [0.1, 0.15) is 17.5 Å². The molecule has 0 amide bonds. The van der Waals surface area contributed by atoms with E-state index in [1.54, 1.807) is 12.1 Å². The molecule has 1 aromatic heterocycles. The standard InChI is InChI=1S/C20H22N2O2.HI/c1-3-4-5-14-10-13-11-15(23)6-8-17(13)20-21(2)18-9-7-16(24)12-19(18)22(14)20;/h6-9,11-12,14,24H,3-5,10H2,1-2H3;1H. The van der Waals surface area contributed by atoms with Gasteiger partial charge in [-0.25, -0.2) is 9.13 Å². The maximum atomic E-state index is 9.98. The molecule has 4 nitrogen and oxygen atoms in total. The van der Waals surface area contributed by atoms with Crippen molar-refractivity contribution in [1.29, 1.82) is 0 Å². The Balaban J connectivity index is 0.00000182. The number of rotatable bonds is 3. The number of fused-ring (bicyclic) bond motifs is 5. The van der Waals surface area contributed by atoms with E-state index in [2.05, 4.69) is 23.1 Å². The molecule has 1 atom stereocenters. The van der Waals surface area contributed by atoms with E-state index in [0.717, 1.165) is 36.1 Å². The first-order valence-corrected chi connectivity index (χ1v) is 8.65. The van der Waals surface area contributed by atoms with Crippen LogP contribution in [0.25, 0.3) is 22.4 Å². The molecule has 0 bridgehead atoms. The first-order valence-electron chi connectivity index (χ1n) is 8.65. The van der Waals surface area contributed by atoms with Crippen molar-refractivity contribution < 1.29 is 38.8 Å². The monoisotopic (exact) mass is 450 g/mol. The average Bonchev–Trinajstić information content (AvgIpc) is 2.85. The molecule has 0 saturated heterocycles. The van der Waals surface area contributed by atoms with Gasteiger partial charge in [-0.15, -0.1) is 0 Å². The van der Waals surface area contributed by atoms with Crippen LogP contribution in [0.4, 0.5) is 0 Å². The average molecular weight is 450 g/mol. The Morgan fingerprint density at radius 2 is 1.84 bits per heavy atom. The van der Waals surface area contributed by atoms with Gasteiger partial charge in [0.15, 0.2) is 11.0 Å². The number of nitrogens with zero attached hydrogens (tertiary/aromatic N) is 2. The Labute approximate surface area is 164 Å². The number of hydrogen-bond donors (Lipinski definition) is 2. The van der Waals surface area contributed by atoms with E-state index >= 15 is 0 Å². The van der Waals surface area contributed by atoms with Gasteiger partial charge in [-0.1, -0.05) is 13.3 Å². The van der Waals surface area contributed by atoms with Crippen LogP contribution in [-0.2, 0) is 13.5 Å². The number of hydrogen-bond acceptors (Lipinski definition) is 2. The summed E-state index contributed by atoms with van der Waals surface area (Å²) in [5.41, 5.74) is 4.56. The minimum atomic E-state index is 0. The van der Waals surface area contributed by atoms with Crippen LogP contribution >= 0.6 is 0 Å². The highest BCUT2D eigenvalue weighted by atomic mass is 127. The van der Waals surface area contributed by atoms with Crippen molar-refractivity contribution >= 4 is 11.0 Å². The van der Waals surface area contributed by atoms with Gasteiger partial charge >= 0.3 is 0 Å². The highest BCUT2D eigenvalue weighted by molar-refractivity contribution is 5.79. The van der Waals surface area contributed by atoms with E-state index in [1.807, 2.05) is 24.3 Å². The van der Waals surface area contributed by atoms with Crippen molar-refractivity contribution in [1.82, 2.24) is 4.57 Å². The molecular formula is C20H23IN2O2. The second kappa shape index (κ2) is 6.86. The molecular weight excluding hydrogens is 427 g/mol. The predicted octanol–water partition coefficient (Wildman–Crippen LogP) is 0.835. The molecule has 2 heterocycles. The fourth-order valence-electron chi connectivity index (χ4n) is 4.04. The fourth-order valence-corrected chi connectivity index (χ4v) is 4.04. The topological polar surface area (TPSA) is 49.3 Å². The lowest BCUT2D eigenvalue weighted by atomic mass is 9.92. The first kappa shape index (κ1) is 18.0. The van der Waals surface area contributed by atoms with Gasteiger partial charge in [-0.3, -0.25) is 0 Å². The maximum Gasteiger partial charge on any atom is 0.290 e. The summed E-state index contributed by atoms with van der Waals surface area (Å²) in [7, 11) is 2.07. The lowest BCUT2D eigenvalue weighted by Gasteiger charge is -2.23. The van der Waals surface area contributed by atoms with Gasteiger partial charge in [0.2, 0.25) is 0 Å². The molecule has 0 aliphatic carbocycles. The van der Waals surface area contributed by atoms with Crippen molar-refractivity contribution in [3.05, 3.63) is 42.0 Å². The van der Waals surface area contributed by atoms with Gasteiger partial charge in [0, 0.05) is 12.5 Å². The lowest BCUT2D eigenvalue weighted by molar-refractivity contribution is -0.634. The molecule has 0 radical (unpaired) electrons. The largest absolute Gasteiger partial charge is 1.00 e. The zero-order valence-corrected chi connectivity index (χ0v) is 16.7. The Kier molecular flexibility index (Phi) is 4.95. The minimum absolute atomic E-state index is 0. The number of phenolic OH excluding ortho intramolecular Hbond substituents is 2. The summed E-state index contributed by atoms with van der Waals surface area (Å²) in [6.45, 7) is 2.21. The maximum absolute atomic E-state index is 9.98. The first-order chi connectivity index (χ1) is 11.6. The summed E-state index contributed by atoms with van der Waals surface area (Å²) in [4.78, 5) is 0. The smallest absolute Gasteiger partial charge is 0.290 e. The number of phenols is 2. The van der Waals surface area contributed by atoms with E-state index in [0.29, 0.717) is 17.5 Å². The van der Waals surface area contributed by atoms with Crippen LogP contribution in [0.1, 0.15) is 37.8 Å². The normalized spacial score (nSPS) is 15.5. The third-order valence-corrected chi connectivity index (χ3v) is 5.17. The van der Waals surface area contributed by atoms with E-state index < -0.39 is 0 Å². The third-order valence-electron chi connectivity index (χ3n) is 5.17. The molecule has 0 saturated carbocycles. The van der Waals surface area contributed by atoms with Gasteiger partial charge < -0.3 is 34.2 Å². The number of imidazole rings is 1. The Morgan fingerprint density at radius 3 is 2.60 bits per heavy atom. The van der Waals surface area contributed by atoms with Gasteiger partial charge in [-0.2, -0.15) is 0 Å². The molecule has 5 heteroatoms. The molecule has 0 fully saturated rings. The van der Waals surface area contributed by atoms with Gasteiger partial charge in [0.05, 0.1) is 12.6 Å². The molecule has 2 aromatic carbocycles. The van der Waals surface area contributed by atoms with Crippen molar-refractivity contribution in [3.63, 3.8) is 0 Å². The van der Waals surface area contributed by atoms with E-state index in [-0.39, 0.29) is 24.0 Å². The summed E-state index contributed by atoms with van der Waals surface area (Å²) in [6, 6.07) is 11.6. The van der Waals surface area contributed by atoms with Gasteiger partial charge in [-0.05, 0) is 48.7 Å². The third kappa shape index (κ3) is 2.88. The van der Waals surface area contributed by atoms with Crippen molar-refractivity contribution in [2.45, 2.75) is 38.6 Å². The number of unbranched alkanes of at least 4 members (excludes halogenated alkanes) is 1. The van der Waals surface area contributed by atoms with Crippen LogP contribution in [-0.4, -0.2) is 14.8 Å². The molecule has 1 aliphatic heterocycles. The van der Waals surface area contributed by atoms with Crippen LogP contribution in [0.3, 0.4) is 0 Å². The van der Waals surface area contributed by atoms with Crippen molar-refractivity contribution in [2.24, 2.45) is 7.05 Å². The van der Waals surface area contributed by atoms with E-state index in [1.165, 1.54) is 17.5 Å². The van der Waals surface area contributed by atoms with Crippen LogP contribution in [0.5, 0.6) is 11.5 Å². The van der Waals surface area contributed by atoms with E-state index in [9.17, 15) is 10.2 Å². The summed E-state index contributed by atoms with van der Waals surface area (Å²) < 4.78 is 4.58. The molecule has 0 spiro atoms. The molecule has 4 rings (SSSR count). The van der Waals surface area contributed by atoms with E-state index in [4.69, 9.17) is 0 Å². The summed E-state index contributed by atoms with van der Waals surface area (Å²) in [5, 5.41) is 19.9.